The Labute approximate surface area is 160 Å². The van der Waals surface area contributed by atoms with E-state index in [2.05, 4.69) is 17.5 Å². The van der Waals surface area contributed by atoms with Crippen LogP contribution in [0.4, 0.5) is 0 Å². The molecular formula is C21H28N2O4. The minimum Gasteiger partial charge on any atom is -0.497 e. The summed E-state index contributed by atoms with van der Waals surface area (Å²) in [7, 11) is 1.63. The van der Waals surface area contributed by atoms with Crippen molar-refractivity contribution in [1.29, 1.82) is 0 Å². The highest BCUT2D eigenvalue weighted by molar-refractivity contribution is 5.80. The lowest BCUT2D eigenvalue weighted by molar-refractivity contribution is -0.141. The van der Waals surface area contributed by atoms with Gasteiger partial charge in [0.15, 0.2) is 0 Å². The summed E-state index contributed by atoms with van der Waals surface area (Å²) in [5, 5.41) is 3.05. The Morgan fingerprint density at radius 3 is 2.89 bits per heavy atom. The number of aryl methyl sites for hydroxylation is 1. The number of carbonyl (C=O) groups is 2. The quantitative estimate of drug-likeness (QED) is 0.744. The van der Waals surface area contributed by atoms with Crippen LogP contribution in [0.1, 0.15) is 31.2 Å². The molecule has 1 heterocycles. The van der Waals surface area contributed by atoms with Gasteiger partial charge in [-0.05, 0) is 37.0 Å². The first-order valence-electron chi connectivity index (χ1n) is 9.60. The molecule has 2 aliphatic rings. The normalized spacial score (nSPS) is 19.9. The lowest BCUT2D eigenvalue weighted by Gasteiger charge is -2.35. The second-order valence-electron chi connectivity index (χ2n) is 7.08. The van der Waals surface area contributed by atoms with Crippen LogP contribution in [0.5, 0.6) is 5.75 Å². The maximum absolute atomic E-state index is 12.8. The van der Waals surface area contributed by atoms with E-state index in [0.717, 1.165) is 24.2 Å². The molecule has 27 heavy (non-hydrogen) atoms. The molecule has 146 valence electrons. The van der Waals surface area contributed by atoms with Crippen LogP contribution in [-0.2, 0) is 20.7 Å². The molecule has 1 fully saturated rings. The van der Waals surface area contributed by atoms with Gasteiger partial charge in [0.25, 0.3) is 0 Å². The fraction of sp³-hybridized carbons (Fsp3) is 0.524. The summed E-state index contributed by atoms with van der Waals surface area (Å²) in [5.74, 6) is 0.855. The van der Waals surface area contributed by atoms with Gasteiger partial charge in [0.2, 0.25) is 11.8 Å². The summed E-state index contributed by atoms with van der Waals surface area (Å²) in [6.07, 6.45) is 7.30. The van der Waals surface area contributed by atoms with E-state index in [9.17, 15) is 9.59 Å². The van der Waals surface area contributed by atoms with Crippen molar-refractivity contribution in [2.24, 2.45) is 0 Å². The monoisotopic (exact) mass is 372 g/mol. The van der Waals surface area contributed by atoms with Gasteiger partial charge in [-0.3, -0.25) is 9.59 Å². The molecule has 6 heteroatoms. The molecule has 1 N–H and O–H groups in total. The van der Waals surface area contributed by atoms with Crippen LogP contribution in [0.2, 0.25) is 0 Å². The number of nitrogens with one attached hydrogen (secondary N) is 1. The summed E-state index contributed by atoms with van der Waals surface area (Å²) in [6.45, 7) is 1.48. The van der Waals surface area contributed by atoms with Crippen molar-refractivity contribution < 1.29 is 19.1 Å². The number of benzene rings is 1. The highest BCUT2D eigenvalue weighted by Gasteiger charge is 2.29. The van der Waals surface area contributed by atoms with Gasteiger partial charge in [-0.15, -0.1) is 0 Å². The van der Waals surface area contributed by atoms with Crippen molar-refractivity contribution >= 4 is 11.8 Å². The number of carbonyl (C=O) groups excluding carboxylic acids is 2. The van der Waals surface area contributed by atoms with Gasteiger partial charge in [-0.2, -0.15) is 0 Å². The standard InChI is InChI=1S/C21H28N2O4/c1-26-19-8-4-5-16(13-19)9-10-21(25)23-11-12-27-15-18(23)14-20(24)22-17-6-2-3-7-17/h2-5,8,13,17-18H,6-7,9-12,14-15H2,1H3,(H,22,24). The third kappa shape index (κ3) is 5.57. The van der Waals surface area contributed by atoms with E-state index in [1.807, 2.05) is 29.2 Å². The molecule has 0 spiro atoms. The zero-order valence-electron chi connectivity index (χ0n) is 15.9. The highest BCUT2D eigenvalue weighted by Crippen LogP contribution is 2.17. The van der Waals surface area contributed by atoms with Crippen molar-refractivity contribution in [2.45, 2.75) is 44.2 Å². The second kappa shape index (κ2) is 9.55. The fourth-order valence-electron chi connectivity index (χ4n) is 3.61. The maximum atomic E-state index is 12.8. The summed E-state index contributed by atoms with van der Waals surface area (Å²) in [5.41, 5.74) is 1.07. The number of rotatable bonds is 7. The van der Waals surface area contributed by atoms with Gasteiger partial charge in [0.05, 0.1) is 26.4 Å². The Bertz CT molecular complexity index is 681. The SMILES string of the molecule is COc1cccc(CCC(=O)N2CCOCC2CC(=O)NC2CC=CC2)c1. The first-order chi connectivity index (χ1) is 13.2. The van der Waals surface area contributed by atoms with Crippen molar-refractivity contribution in [3.05, 3.63) is 42.0 Å². The average Bonchev–Trinajstić information content (AvgIpc) is 3.19. The van der Waals surface area contributed by atoms with Crippen LogP contribution in [0, 0.1) is 0 Å². The molecule has 3 rings (SSSR count). The first kappa shape index (κ1) is 19.4. The second-order valence-corrected chi connectivity index (χ2v) is 7.08. The molecular weight excluding hydrogens is 344 g/mol. The van der Waals surface area contributed by atoms with E-state index in [1.165, 1.54) is 0 Å². The molecule has 1 aliphatic heterocycles. The van der Waals surface area contributed by atoms with Crippen molar-refractivity contribution in [3.63, 3.8) is 0 Å². The largest absolute Gasteiger partial charge is 0.497 e. The van der Waals surface area contributed by atoms with Crippen LogP contribution >= 0.6 is 0 Å². The Kier molecular flexibility index (Phi) is 6.87. The lowest BCUT2D eigenvalue weighted by atomic mass is 10.1. The minimum atomic E-state index is -0.189. The van der Waals surface area contributed by atoms with Gasteiger partial charge in [0.1, 0.15) is 5.75 Å². The Morgan fingerprint density at radius 2 is 2.11 bits per heavy atom. The van der Waals surface area contributed by atoms with E-state index < -0.39 is 0 Å². The van der Waals surface area contributed by atoms with Crippen molar-refractivity contribution in [2.75, 3.05) is 26.9 Å². The van der Waals surface area contributed by atoms with E-state index in [1.54, 1.807) is 7.11 Å². The number of amides is 2. The summed E-state index contributed by atoms with van der Waals surface area (Å²) < 4.78 is 10.8. The Morgan fingerprint density at radius 1 is 1.30 bits per heavy atom. The van der Waals surface area contributed by atoms with Gasteiger partial charge in [0, 0.05) is 25.4 Å². The van der Waals surface area contributed by atoms with Crippen LogP contribution in [-0.4, -0.2) is 55.7 Å². The summed E-state index contributed by atoms with van der Waals surface area (Å²) >= 11 is 0. The lowest BCUT2D eigenvalue weighted by Crippen LogP contribution is -2.51. The maximum Gasteiger partial charge on any atom is 0.223 e. The molecule has 1 saturated heterocycles. The van der Waals surface area contributed by atoms with Gasteiger partial charge >= 0.3 is 0 Å². The molecule has 1 unspecified atom stereocenters. The summed E-state index contributed by atoms with van der Waals surface area (Å²) in [6, 6.07) is 7.77. The molecule has 1 aliphatic carbocycles. The van der Waals surface area contributed by atoms with Gasteiger partial charge in [-0.25, -0.2) is 0 Å². The van der Waals surface area contributed by atoms with Gasteiger partial charge in [-0.1, -0.05) is 24.3 Å². The van der Waals surface area contributed by atoms with Crippen LogP contribution in [0.3, 0.4) is 0 Å². The first-order valence-corrected chi connectivity index (χ1v) is 9.60. The minimum absolute atomic E-state index is 0.00945. The topological polar surface area (TPSA) is 67.9 Å². The molecule has 6 nitrogen and oxygen atoms in total. The van der Waals surface area contributed by atoms with Crippen molar-refractivity contribution in [1.82, 2.24) is 10.2 Å². The van der Waals surface area contributed by atoms with E-state index in [0.29, 0.717) is 39.0 Å². The summed E-state index contributed by atoms with van der Waals surface area (Å²) in [4.78, 5) is 26.9. The fourth-order valence-corrected chi connectivity index (χ4v) is 3.61. The highest BCUT2D eigenvalue weighted by atomic mass is 16.5. The predicted molar refractivity (Wildman–Crippen MR) is 103 cm³/mol. The third-order valence-electron chi connectivity index (χ3n) is 5.10. The zero-order chi connectivity index (χ0) is 19.1. The van der Waals surface area contributed by atoms with Gasteiger partial charge < -0.3 is 19.7 Å². The van der Waals surface area contributed by atoms with Crippen LogP contribution in [0.25, 0.3) is 0 Å². The Hall–Kier alpha value is -2.34. The number of morpholine rings is 1. The van der Waals surface area contributed by atoms with Crippen molar-refractivity contribution in [3.8, 4) is 5.75 Å². The van der Waals surface area contributed by atoms with E-state index in [-0.39, 0.29) is 23.9 Å². The molecule has 1 aromatic carbocycles. The predicted octanol–water partition coefficient (Wildman–Crippen LogP) is 2.08. The average molecular weight is 372 g/mol. The van der Waals surface area contributed by atoms with E-state index >= 15 is 0 Å². The molecule has 2 amide bonds. The molecule has 0 aromatic heterocycles. The molecule has 0 radical (unpaired) electrons. The van der Waals surface area contributed by atoms with Crippen LogP contribution < -0.4 is 10.1 Å². The third-order valence-corrected chi connectivity index (χ3v) is 5.10. The molecule has 0 bridgehead atoms. The Balaban J connectivity index is 1.52. The number of methoxy groups -OCH3 is 1. The van der Waals surface area contributed by atoms with Crippen LogP contribution in [0.15, 0.2) is 36.4 Å². The molecule has 0 saturated carbocycles. The number of ether oxygens (including phenoxy) is 2. The number of nitrogens with zero attached hydrogens (tertiary/aromatic N) is 1. The molecule has 1 aromatic rings. The molecule has 1 atom stereocenters. The smallest absolute Gasteiger partial charge is 0.223 e. The number of hydrogen-bond acceptors (Lipinski definition) is 4. The van der Waals surface area contributed by atoms with E-state index in [4.69, 9.17) is 9.47 Å². The number of hydrogen-bond donors (Lipinski definition) is 1. The zero-order valence-corrected chi connectivity index (χ0v) is 15.9.